The lowest BCUT2D eigenvalue weighted by Gasteiger charge is -2.13. The average Bonchev–Trinajstić information content (AvgIpc) is 2.83. The third-order valence-electron chi connectivity index (χ3n) is 5.30. The van der Waals surface area contributed by atoms with E-state index in [1.165, 1.54) is 0 Å². The van der Waals surface area contributed by atoms with Gasteiger partial charge in [0.05, 0.1) is 24.5 Å². The van der Waals surface area contributed by atoms with E-state index < -0.39 is 17.2 Å². The second kappa shape index (κ2) is 9.44. The van der Waals surface area contributed by atoms with Crippen molar-refractivity contribution < 1.29 is 4.79 Å². The minimum atomic E-state index is -0.745. The van der Waals surface area contributed by atoms with Gasteiger partial charge in [-0.3, -0.25) is 19.1 Å². The molecule has 0 bridgehead atoms. The molecule has 2 aromatic heterocycles. The smallest absolute Gasteiger partial charge is 0.345 e. The lowest BCUT2D eigenvalue weighted by Crippen LogP contribution is -2.46. The summed E-state index contributed by atoms with van der Waals surface area (Å²) in [5.74, 6) is -0.676. The van der Waals surface area contributed by atoms with Gasteiger partial charge < -0.3 is 5.32 Å². The maximum Gasteiger partial charge on any atom is 0.352 e. The number of amides is 1. The molecule has 8 nitrogen and oxygen atoms in total. The third kappa shape index (κ3) is 4.79. The number of hydrogen-bond acceptors (Lipinski definition) is 5. The highest BCUT2D eigenvalue weighted by molar-refractivity contribution is 5.91. The Balaban J connectivity index is 1.79. The summed E-state index contributed by atoms with van der Waals surface area (Å²) in [4.78, 5) is 43.6. The molecule has 0 fully saturated rings. The summed E-state index contributed by atoms with van der Waals surface area (Å²) in [5.41, 5.74) is 2.12. The summed E-state index contributed by atoms with van der Waals surface area (Å²) in [6, 6.07) is 19.9. The van der Waals surface area contributed by atoms with Crippen LogP contribution in [-0.2, 0) is 13.1 Å². The van der Waals surface area contributed by atoms with Crippen LogP contribution in [0.4, 0.5) is 0 Å². The number of carbonyl (C=O) groups excluding carboxylic acids is 1. The van der Waals surface area contributed by atoms with Gasteiger partial charge in [-0.05, 0) is 49.2 Å². The van der Waals surface area contributed by atoms with Gasteiger partial charge in [0.25, 0.3) is 11.5 Å². The van der Waals surface area contributed by atoms with Crippen molar-refractivity contribution in [3.63, 3.8) is 0 Å². The molecular weight excluding hydrogens is 418 g/mol. The number of hydrogen-bond donors (Lipinski definition) is 1. The van der Waals surface area contributed by atoms with E-state index in [0.717, 1.165) is 25.9 Å². The van der Waals surface area contributed by atoms with Crippen LogP contribution in [0.15, 0.2) is 82.5 Å². The van der Waals surface area contributed by atoms with Crippen molar-refractivity contribution in [2.24, 2.45) is 0 Å². The topological polar surface area (TPSA) is 98.9 Å². The predicted octanol–water partition coefficient (Wildman–Crippen LogP) is 2.38. The highest BCUT2D eigenvalue weighted by Crippen LogP contribution is 2.09. The zero-order valence-corrected chi connectivity index (χ0v) is 18.4. The number of pyridine rings is 1. The zero-order valence-electron chi connectivity index (χ0n) is 18.4. The molecule has 8 heteroatoms. The van der Waals surface area contributed by atoms with Crippen LogP contribution in [0.2, 0.25) is 0 Å². The van der Waals surface area contributed by atoms with E-state index in [1.54, 1.807) is 36.5 Å². The summed E-state index contributed by atoms with van der Waals surface area (Å²) >= 11 is 0. The molecule has 4 rings (SSSR count). The molecule has 0 atom stereocenters. The number of rotatable bonds is 6. The molecule has 2 heterocycles. The Morgan fingerprint density at radius 3 is 2.36 bits per heavy atom. The van der Waals surface area contributed by atoms with E-state index in [1.807, 2.05) is 50.2 Å². The molecule has 1 N–H and O–H groups in total. The van der Waals surface area contributed by atoms with Crippen molar-refractivity contribution in [1.29, 1.82) is 0 Å². The summed E-state index contributed by atoms with van der Waals surface area (Å²) in [6.07, 6.45) is 1.62. The number of carbonyl (C=O) groups is 1. The molecule has 1 amide bonds. The summed E-state index contributed by atoms with van der Waals surface area (Å²) in [6.45, 7) is 3.98. The standard InChI is InChI=1S/C25H23N5O3/c1-17-10-12-21(13-11-17)30-25(33)29(16-19-8-4-3-7-18(19)2)24(32)22(28-30)23(31)27-15-20-9-5-6-14-26-20/h3-14H,15-16H2,1-2H3,(H,27,31). The van der Waals surface area contributed by atoms with Crippen LogP contribution in [0, 0.1) is 13.8 Å². The third-order valence-corrected chi connectivity index (χ3v) is 5.30. The van der Waals surface area contributed by atoms with Gasteiger partial charge in [-0.1, -0.05) is 48.0 Å². The van der Waals surface area contributed by atoms with Crippen LogP contribution in [0.3, 0.4) is 0 Å². The SMILES string of the molecule is Cc1ccc(-n2nc(C(=O)NCc3ccccn3)c(=O)n(Cc3ccccc3C)c2=O)cc1. The molecule has 0 aliphatic carbocycles. The Kier molecular flexibility index (Phi) is 6.26. The molecule has 0 unspecified atom stereocenters. The first-order valence-electron chi connectivity index (χ1n) is 10.5. The van der Waals surface area contributed by atoms with E-state index in [0.29, 0.717) is 11.4 Å². The number of nitrogens with zero attached hydrogens (tertiary/aromatic N) is 4. The minimum absolute atomic E-state index is 0.0270. The van der Waals surface area contributed by atoms with E-state index in [-0.39, 0.29) is 18.8 Å². The lowest BCUT2D eigenvalue weighted by molar-refractivity contribution is 0.0940. The Morgan fingerprint density at radius 2 is 1.67 bits per heavy atom. The van der Waals surface area contributed by atoms with Gasteiger partial charge in [-0.15, -0.1) is 0 Å². The molecule has 0 saturated heterocycles. The normalized spacial score (nSPS) is 10.7. The number of aryl methyl sites for hydroxylation is 2. The fraction of sp³-hybridized carbons (Fsp3) is 0.160. The monoisotopic (exact) mass is 441 g/mol. The second-order valence-electron chi connectivity index (χ2n) is 7.70. The molecule has 0 saturated carbocycles. The Hall–Kier alpha value is -4.33. The van der Waals surface area contributed by atoms with Crippen LogP contribution in [0.1, 0.15) is 32.9 Å². The Morgan fingerprint density at radius 1 is 0.939 bits per heavy atom. The van der Waals surface area contributed by atoms with Crippen LogP contribution in [-0.4, -0.2) is 25.2 Å². The van der Waals surface area contributed by atoms with Gasteiger partial charge in [-0.25, -0.2) is 4.79 Å². The minimum Gasteiger partial charge on any atom is -0.345 e. The van der Waals surface area contributed by atoms with Crippen molar-refractivity contribution in [1.82, 2.24) is 24.6 Å². The van der Waals surface area contributed by atoms with Gasteiger partial charge in [0.1, 0.15) is 0 Å². The number of benzene rings is 2. The predicted molar refractivity (Wildman–Crippen MR) is 125 cm³/mol. The van der Waals surface area contributed by atoms with Crippen LogP contribution in [0.5, 0.6) is 0 Å². The molecule has 166 valence electrons. The molecule has 0 aliphatic heterocycles. The highest BCUT2D eigenvalue weighted by atomic mass is 16.2. The maximum absolute atomic E-state index is 13.3. The number of aromatic nitrogens is 4. The Bertz CT molecular complexity index is 1410. The van der Waals surface area contributed by atoms with Crippen LogP contribution >= 0.6 is 0 Å². The molecule has 2 aromatic carbocycles. The van der Waals surface area contributed by atoms with Gasteiger partial charge in [0.15, 0.2) is 0 Å². The summed E-state index contributed by atoms with van der Waals surface area (Å²) in [7, 11) is 0. The average molecular weight is 441 g/mol. The van der Waals surface area contributed by atoms with Crippen molar-refractivity contribution in [2.75, 3.05) is 0 Å². The first kappa shape index (κ1) is 21.9. The van der Waals surface area contributed by atoms with E-state index in [4.69, 9.17) is 0 Å². The molecule has 33 heavy (non-hydrogen) atoms. The number of nitrogens with one attached hydrogen (secondary N) is 1. The first-order chi connectivity index (χ1) is 15.9. The van der Waals surface area contributed by atoms with Gasteiger partial charge >= 0.3 is 5.69 Å². The molecule has 4 aromatic rings. The first-order valence-corrected chi connectivity index (χ1v) is 10.5. The molecule has 0 radical (unpaired) electrons. The van der Waals surface area contributed by atoms with Crippen molar-refractivity contribution in [3.05, 3.63) is 122 Å². The van der Waals surface area contributed by atoms with E-state index in [9.17, 15) is 14.4 Å². The quantitative estimate of drug-likeness (QED) is 0.495. The second-order valence-corrected chi connectivity index (χ2v) is 7.70. The maximum atomic E-state index is 13.3. The molecule has 0 aliphatic rings. The molecular formula is C25H23N5O3. The molecule has 0 spiro atoms. The van der Waals surface area contributed by atoms with Gasteiger partial charge in [-0.2, -0.15) is 9.78 Å². The largest absolute Gasteiger partial charge is 0.352 e. The van der Waals surface area contributed by atoms with Gasteiger partial charge in [0.2, 0.25) is 5.69 Å². The Labute approximate surface area is 190 Å². The van der Waals surface area contributed by atoms with Crippen molar-refractivity contribution in [3.8, 4) is 5.69 Å². The van der Waals surface area contributed by atoms with E-state index >= 15 is 0 Å². The summed E-state index contributed by atoms with van der Waals surface area (Å²) in [5, 5.41) is 6.82. The van der Waals surface area contributed by atoms with Crippen LogP contribution in [0.25, 0.3) is 5.69 Å². The van der Waals surface area contributed by atoms with E-state index in [2.05, 4.69) is 15.4 Å². The van der Waals surface area contributed by atoms with Crippen LogP contribution < -0.4 is 16.6 Å². The fourth-order valence-corrected chi connectivity index (χ4v) is 3.37. The lowest BCUT2D eigenvalue weighted by atomic mass is 10.1. The fourth-order valence-electron chi connectivity index (χ4n) is 3.37. The van der Waals surface area contributed by atoms with Gasteiger partial charge in [0, 0.05) is 6.20 Å². The van der Waals surface area contributed by atoms with Crippen molar-refractivity contribution in [2.45, 2.75) is 26.9 Å². The zero-order chi connectivity index (χ0) is 23.4. The summed E-state index contributed by atoms with van der Waals surface area (Å²) < 4.78 is 2.14. The highest BCUT2D eigenvalue weighted by Gasteiger charge is 2.21. The van der Waals surface area contributed by atoms with Crippen molar-refractivity contribution >= 4 is 5.91 Å².